The molecule has 0 unspecified atom stereocenters. The van der Waals surface area contributed by atoms with Gasteiger partial charge in [0.2, 0.25) is 5.91 Å². The smallest absolute Gasteiger partial charge is 0.236 e. The zero-order valence-electron chi connectivity index (χ0n) is 17.9. The first-order valence-corrected chi connectivity index (χ1v) is 10.3. The van der Waals surface area contributed by atoms with Crippen molar-refractivity contribution in [2.24, 2.45) is 0 Å². The predicted octanol–water partition coefficient (Wildman–Crippen LogP) is 2.44. The van der Waals surface area contributed by atoms with Gasteiger partial charge in [0.15, 0.2) is 0 Å². The summed E-state index contributed by atoms with van der Waals surface area (Å²) in [5, 5.41) is 9.83. The Bertz CT molecular complexity index is 1020. The Morgan fingerprint density at radius 3 is 2.50 bits per heavy atom. The molecular weight excluding hydrogens is 378 g/mol. The lowest BCUT2D eigenvalue weighted by atomic mass is 10.0. The molecule has 1 fully saturated rings. The predicted molar refractivity (Wildman–Crippen MR) is 118 cm³/mol. The van der Waals surface area contributed by atoms with E-state index in [0.29, 0.717) is 6.54 Å². The van der Waals surface area contributed by atoms with E-state index >= 15 is 0 Å². The molecule has 1 aliphatic rings. The number of hydrogen-bond donors (Lipinski definition) is 1. The van der Waals surface area contributed by atoms with Gasteiger partial charge >= 0.3 is 0 Å². The van der Waals surface area contributed by atoms with Crippen molar-refractivity contribution in [2.75, 3.05) is 53.9 Å². The highest BCUT2D eigenvalue weighted by Gasteiger charge is 2.21. The average molecular weight is 408 g/mol. The molecule has 1 amide bonds. The van der Waals surface area contributed by atoms with Crippen LogP contribution in [0.3, 0.4) is 0 Å². The average Bonchev–Trinajstić information content (AvgIpc) is 3.22. The minimum Gasteiger partial charge on any atom is -0.497 e. The van der Waals surface area contributed by atoms with Crippen molar-refractivity contribution in [3.63, 3.8) is 0 Å². The van der Waals surface area contributed by atoms with Crippen LogP contribution < -0.4 is 4.74 Å². The highest BCUT2D eigenvalue weighted by molar-refractivity contribution is 5.88. The SMILES string of the molecule is COc1ccc2cc(-c3[nH]ncc3CN3CCN(CC(=O)N(C)C)CC3)ccc2c1. The first-order valence-electron chi connectivity index (χ1n) is 10.3. The third kappa shape index (κ3) is 4.47. The summed E-state index contributed by atoms with van der Waals surface area (Å²) in [4.78, 5) is 18.2. The van der Waals surface area contributed by atoms with E-state index in [1.54, 1.807) is 12.0 Å². The van der Waals surface area contributed by atoms with Crippen molar-refractivity contribution < 1.29 is 9.53 Å². The molecule has 7 heteroatoms. The van der Waals surface area contributed by atoms with E-state index < -0.39 is 0 Å². The molecule has 4 rings (SSSR count). The summed E-state index contributed by atoms with van der Waals surface area (Å²) in [5.41, 5.74) is 3.40. The molecule has 1 saturated heterocycles. The summed E-state index contributed by atoms with van der Waals surface area (Å²) in [7, 11) is 5.30. The van der Waals surface area contributed by atoms with Gasteiger partial charge in [-0.15, -0.1) is 0 Å². The van der Waals surface area contributed by atoms with Gasteiger partial charge in [-0.25, -0.2) is 0 Å². The van der Waals surface area contributed by atoms with Gasteiger partial charge in [0.05, 0.1) is 25.5 Å². The van der Waals surface area contributed by atoms with Gasteiger partial charge in [-0.3, -0.25) is 19.7 Å². The Morgan fingerprint density at radius 2 is 1.77 bits per heavy atom. The number of hydrogen-bond acceptors (Lipinski definition) is 5. The van der Waals surface area contributed by atoms with Crippen LogP contribution in [0.4, 0.5) is 0 Å². The molecule has 1 aromatic heterocycles. The third-order valence-electron chi connectivity index (χ3n) is 5.77. The summed E-state index contributed by atoms with van der Waals surface area (Å²) < 4.78 is 5.32. The number of nitrogens with zero attached hydrogens (tertiary/aromatic N) is 4. The number of benzene rings is 2. The lowest BCUT2D eigenvalue weighted by Gasteiger charge is -2.34. The van der Waals surface area contributed by atoms with E-state index in [1.807, 2.05) is 32.4 Å². The molecule has 7 nitrogen and oxygen atoms in total. The minimum atomic E-state index is 0.162. The van der Waals surface area contributed by atoms with Crippen molar-refractivity contribution >= 4 is 16.7 Å². The van der Waals surface area contributed by atoms with Gasteiger partial charge in [-0.05, 0) is 29.0 Å². The van der Waals surface area contributed by atoms with Crippen LogP contribution in [0.2, 0.25) is 0 Å². The second kappa shape index (κ2) is 8.85. The van der Waals surface area contributed by atoms with Gasteiger partial charge in [0, 0.05) is 57.9 Å². The van der Waals surface area contributed by atoms with Crippen LogP contribution in [0.5, 0.6) is 5.75 Å². The Labute approximate surface area is 177 Å². The van der Waals surface area contributed by atoms with Crippen LogP contribution in [-0.4, -0.2) is 84.7 Å². The number of rotatable bonds is 6. The van der Waals surface area contributed by atoms with Crippen LogP contribution in [0, 0.1) is 0 Å². The number of H-pyrrole nitrogens is 1. The van der Waals surface area contributed by atoms with Crippen LogP contribution in [0.1, 0.15) is 5.56 Å². The lowest BCUT2D eigenvalue weighted by Crippen LogP contribution is -2.48. The van der Waals surface area contributed by atoms with Crippen LogP contribution in [0.25, 0.3) is 22.0 Å². The van der Waals surface area contributed by atoms with Crippen LogP contribution >= 0.6 is 0 Å². The van der Waals surface area contributed by atoms with Gasteiger partial charge in [0.1, 0.15) is 5.75 Å². The van der Waals surface area contributed by atoms with E-state index in [9.17, 15) is 4.79 Å². The molecule has 30 heavy (non-hydrogen) atoms. The molecule has 0 spiro atoms. The number of ether oxygens (including phenoxy) is 1. The third-order valence-corrected chi connectivity index (χ3v) is 5.77. The summed E-state index contributed by atoms with van der Waals surface area (Å²) in [5.74, 6) is 1.03. The maximum absolute atomic E-state index is 11.9. The standard InChI is InChI=1S/C23H29N5O2/c1-26(2)22(29)16-28-10-8-27(9-11-28)15-20-14-24-25-23(20)19-5-4-18-13-21(30-3)7-6-17(18)12-19/h4-7,12-14H,8-11,15-16H2,1-3H3,(H,24,25). The molecule has 1 N–H and O–H groups in total. The fourth-order valence-corrected chi connectivity index (χ4v) is 3.87. The Balaban J connectivity index is 1.43. The first kappa shape index (κ1) is 20.4. The van der Waals surface area contributed by atoms with E-state index in [0.717, 1.165) is 55.1 Å². The monoisotopic (exact) mass is 407 g/mol. The minimum absolute atomic E-state index is 0.162. The molecule has 1 aliphatic heterocycles. The van der Waals surface area contributed by atoms with Crippen molar-refractivity contribution in [3.8, 4) is 17.0 Å². The maximum atomic E-state index is 11.9. The molecule has 2 heterocycles. The lowest BCUT2D eigenvalue weighted by molar-refractivity contribution is -0.130. The number of amides is 1. The quantitative estimate of drug-likeness (QED) is 0.680. The Kier molecular flexibility index (Phi) is 6.01. The number of carbonyl (C=O) groups is 1. The van der Waals surface area contributed by atoms with Crippen LogP contribution in [-0.2, 0) is 11.3 Å². The fraction of sp³-hybridized carbons (Fsp3) is 0.391. The van der Waals surface area contributed by atoms with E-state index in [-0.39, 0.29) is 5.91 Å². The first-order chi connectivity index (χ1) is 14.5. The van der Waals surface area contributed by atoms with Gasteiger partial charge < -0.3 is 9.64 Å². The van der Waals surface area contributed by atoms with Gasteiger partial charge in [0.25, 0.3) is 0 Å². The largest absolute Gasteiger partial charge is 0.497 e. The van der Waals surface area contributed by atoms with E-state index in [2.05, 4.69) is 44.3 Å². The topological polar surface area (TPSA) is 64.7 Å². The number of aromatic nitrogens is 2. The highest BCUT2D eigenvalue weighted by atomic mass is 16.5. The number of methoxy groups -OCH3 is 1. The number of fused-ring (bicyclic) bond motifs is 1. The van der Waals surface area contributed by atoms with E-state index in [4.69, 9.17) is 4.74 Å². The second-order valence-electron chi connectivity index (χ2n) is 8.04. The molecule has 0 saturated carbocycles. The van der Waals surface area contributed by atoms with Gasteiger partial charge in [-0.1, -0.05) is 18.2 Å². The molecule has 3 aromatic rings. The molecule has 2 aromatic carbocycles. The zero-order chi connectivity index (χ0) is 21.1. The van der Waals surface area contributed by atoms with Gasteiger partial charge in [-0.2, -0.15) is 5.10 Å². The fourth-order valence-electron chi connectivity index (χ4n) is 3.87. The molecule has 0 bridgehead atoms. The van der Waals surface area contributed by atoms with Crippen LogP contribution in [0.15, 0.2) is 42.6 Å². The summed E-state index contributed by atoms with van der Waals surface area (Å²) >= 11 is 0. The maximum Gasteiger partial charge on any atom is 0.236 e. The van der Waals surface area contributed by atoms with Crippen molar-refractivity contribution in [1.29, 1.82) is 0 Å². The summed E-state index contributed by atoms with van der Waals surface area (Å²) in [6.07, 6.45) is 1.93. The van der Waals surface area contributed by atoms with Crippen molar-refractivity contribution in [2.45, 2.75) is 6.54 Å². The molecular formula is C23H29N5O2. The Morgan fingerprint density at radius 1 is 1.07 bits per heavy atom. The number of likely N-dealkylation sites (N-methyl/N-ethyl adjacent to an activating group) is 1. The highest BCUT2D eigenvalue weighted by Crippen LogP contribution is 2.28. The molecule has 158 valence electrons. The molecule has 0 radical (unpaired) electrons. The number of carbonyl (C=O) groups excluding carboxylic acids is 1. The Hall–Kier alpha value is -2.90. The zero-order valence-corrected chi connectivity index (χ0v) is 17.9. The number of nitrogens with one attached hydrogen (secondary N) is 1. The van der Waals surface area contributed by atoms with Crippen molar-refractivity contribution in [3.05, 3.63) is 48.2 Å². The second-order valence-corrected chi connectivity index (χ2v) is 8.04. The molecule has 0 atom stereocenters. The number of aromatic amines is 1. The summed E-state index contributed by atoms with van der Waals surface area (Å²) in [6.45, 7) is 5.06. The summed E-state index contributed by atoms with van der Waals surface area (Å²) in [6, 6.07) is 12.6. The normalized spacial score (nSPS) is 15.4. The van der Waals surface area contributed by atoms with Crippen molar-refractivity contribution in [1.82, 2.24) is 24.9 Å². The van der Waals surface area contributed by atoms with E-state index in [1.165, 1.54) is 10.9 Å². The number of piperazine rings is 1. The molecule has 0 aliphatic carbocycles.